The molecular formula is C16H27ClN2O. The Labute approximate surface area is 128 Å². The van der Waals surface area contributed by atoms with Crippen molar-refractivity contribution in [3.05, 3.63) is 28.8 Å². The van der Waals surface area contributed by atoms with E-state index in [0.29, 0.717) is 12.6 Å². The number of halogens is 1. The average molecular weight is 299 g/mol. The van der Waals surface area contributed by atoms with Gasteiger partial charge in [-0.1, -0.05) is 25.4 Å². The van der Waals surface area contributed by atoms with E-state index in [0.717, 1.165) is 37.4 Å². The summed E-state index contributed by atoms with van der Waals surface area (Å²) in [7, 11) is 1.74. The van der Waals surface area contributed by atoms with Crippen LogP contribution in [-0.4, -0.2) is 32.8 Å². The lowest BCUT2D eigenvalue weighted by atomic mass is 10.0. The van der Waals surface area contributed by atoms with Crippen LogP contribution in [0.2, 0.25) is 5.02 Å². The van der Waals surface area contributed by atoms with Crippen LogP contribution in [0.25, 0.3) is 0 Å². The summed E-state index contributed by atoms with van der Waals surface area (Å²) < 4.78 is 5.26. The number of rotatable bonds is 9. The molecule has 20 heavy (non-hydrogen) atoms. The second kappa shape index (κ2) is 9.22. The van der Waals surface area contributed by atoms with Gasteiger partial charge in [-0.25, -0.2) is 0 Å². The number of benzene rings is 1. The number of methoxy groups -OCH3 is 1. The molecule has 0 aliphatic heterocycles. The van der Waals surface area contributed by atoms with Gasteiger partial charge in [0.2, 0.25) is 0 Å². The molecule has 0 amide bonds. The average Bonchev–Trinajstić information content (AvgIpc) is 2.45. The Morgan fingerprint density at radius 1 is 1.30 bits per heavy atom. The van der Waals surface area contributed by atoms with Crippen molar-refractivity contribution in [2.45, 2.75) is 39.2 Å². The maximum absolute atomic E-state index is 6.12. The Kier molecular flexibility index (Phi) is 7.97. The second-order valence-corrected chi connectivity index (χ2v) is 5.40. The fourth-order valence-corrected chi connectivity index (χ4v) is 2.80. The van der Waals surface area contributed by atoms with Crippen LogP contribution in [0, 0.1) is 0 Å². The third-order valence-corrected chi connectivity index (χ3v) is 3.92. The molecule has 4 heteroatoms. The lowest BCUT2D eigenvalue weighted by Crippen LogP contribution is -2.37. The molecule has 114 valence electrons. The number of nitrogens with two attached hydrogens (primary N) is 1. The van der Waals surface area contributed by atoms with Gasteiger partial charge in [-0.15, -0.1) is 0 Å². The van der Waals surface area contributed by atoms with E-state index in [9.17, 15) is 0 Å². The van der Waals surface area contributed by atoms with Crippen LogP contribution in [0.3, 0.4) is 0 Å². The molecule has 0 atom stereocenters. The fraction of sp³-hybridized carbons (Fsp3) is 0.625. The van der Waals surface area contributed by atoms with Crippen molar-refractivity contribution in [3.8, 4) is 0 Å². The summed E-state index contributed by atoms with van der Waals surface area (Å²) in [6, 6.07) is 6.62. The first-order valence-corrected chi connectivity index (χ1v) is 7.79. The van der Waals surface area contributed by atoms with Crippen molar-refractivity contribution in [2.24, 2.45) is 5.73 Å². The summed E-state index contributed by atoms with van der Waals surface area (Å²) in [6.07, 6.45) is 3.08. The molecule has 0 radical (unpaired) electrons. The minimum absolute atomic E-state index is 0.517. The highest BCUT2D eigenvalue weighted by Crippen LogP contribution is 2.28. The lowest BCUT2D eigenvalue weighted by Gasteiger charge is -2.34. The van der Waals surface area contributed by atoms with E-state index in [-0.39, 0.29) is 0 Å². The number of ether oxygens (including phenoxy) is 1. The van der Waals surface area contributed by atoms with Crippen LogP contribution in [0.5, 0.6) is 0 Å². The number of nitrogens with zero attached hydrogens (tertiary/aromatic N) is 1. The van der Waals surface area contributed by atoms with Crippen molar-refractivity contribution < 1.29 is 4.74 Å². The molecule has 0 saturated heterocycles. The number of hydrogen-bond acceptors (Lipinski definition) is 3. The molecule has 1 aromatic rings. The number of anilines is 1. The zero-order valence-corrected chi connectivity index (χ0v) is 13.6. The second-order valence-electron chi connectivity index (χ2n) is 4.97. The van der Waals surface area contributed by atoms with E-state index in [2.05, 4.69) is 24.8 Å². The molecule has 1 aromatic carbocycles. The van der Waals surface area contributed by atoms with Crippen LogP contribution < -0.4 is 10.6 Å². The molecule has 3 nitrogen and oxygen atoms in total. The van der Waals surface area contributed by atoms with Crippen LogP contribution in [0.15, 0.2) is 18.2 Å². The summed E-state index contributed by atoms with van der Waals surface area (Å²) >= 11 is 6.12. The summed E-state index contributed by atoms with van der Waals surface area (Å²) in [5.41, 5.74) is 8.20. The molecular weight excluding hydrogens is 272 g/mol. The summed E-state index contributed by atoms with van der Waals surface area (Å²) in [5.74, 6) is 0. The molecule has 0 aromatic heterocycles. The smallest absolute Gasteiger partial charge is 0.0637 e. The Morgan fingerprint density at radius 3 is 2.55 bits per heavy atom. The Morgan fingerprint density at radius 2 is 2.00 bits per heavy atom. The topological polar surface area (TPSA) is 38.5 Å². The molecule has 0 saturated carbocycles. The normalized spacial score (nSPS) is 11.1. The largest absolute Gasteiger partial charge is 0.383 e. The fourth-order valence-electron chi connectivity index (χ4n) is 2.61. The standard InChI is InChI=1S/C16H27ClN2O/c1-4-15(5-2)19(10-11-20-3)16-7-6-14(17)12-13(16)8-9-18/h6-7,12,15H,4-5,8-11,18H2,1-3H3. The molecule has 0 fully saturated rings. The lowest BCUT2D eigenvalue weighted by molar-refractivity contribution is 0.202. The van der Waals surface area contributed by atoms with Crippen LogP contribution in [-0.2, 0) is 11.2 Å². The maximum Gasteiger partial charge on any atom is 0.0637 e. The van der Waals surface area contributed by atoms with Crippen molar-refractivity contribution in [2.75, 3.05) is 31.7 Å². The van der Waals surface area contributed by atoms with E-state index in [1.807, 2.05) is 12.1 Å². The Bertz CT molecular complexity index is 394. The summed E-state index contributed by atoms with van der Waals surface area (Å²) in [5, 5.41) is 0.772. The molecule has 0 aliphatic rings. The van der Waals surface area contributed by atoms with Gasteiger partial charge in [-0.3, -0.25) is 0 Å². The van der Waals surface area contributed by atoms with Gasteiger partial charge in [-0.05, 0) is 49.6 Å². The Hall–Kier alpha value is -0.770. The van der Waals surface area contributed by atoms with Crippen LogP contribution >= 0.6 is 11.6 Å². The van der Waals surface area contributed by atoms with Crippen LogP contribution in [0.4, 0.5) is 5.69 Å². The van der Waals surface area contributed by atoms with Gasteiger partial charge in [-0.2, -0.15) is 0 Å². The molecule has 0 bridgehead atoms. The Balaban J connectivity index is 3.10. The quantitative estimate of drug-likeness (QED) is 0.758. The number of hydrogen-bond donors (Lipinski definition) is 1. The van der Waals surface area contributed by atoms with Gasteiger partial charge in [0.05, 0.1) is 6.61 Å². The molecule has 1 rings (SSSR count). The third-order valence-electron chi connectivity index (χ3n) is 3.68. The zero-order chi connectivity index (χ0) is 15.0. The SMILES string of the molecule is CCC(CC)N(CCOC)c1ccc(Cl)cc1CCN. The van der Waals surface area contributed by atoms with Crippen molar-refractivity contribution >= 4 is 17.3 Å². The van der Waals surface area contributed by atoms with Crippen molar-refractivity contribution in [1.82, 2.24) is 0 Å². The van der Waals surface area contributed by atoms with Crippen LogP contribution in [0.1, 0.15) is 32.3 Å². The summed E-state index contributed by atoms with van der Waals surface area (Å²) in [4.78, 5) is 2.44. The minimum Gasteiger partial charge on any atom is -0.383 e. The molecule has 0 heterocycles. The highest BCUT2D eigenvalue weighted by Gasteiger charge is 2.18. The van der Waals surface area contributed by atoms with E-state index in [1.165, 1.54) is 11.3 Å². The highest BCUT2D eigenvalue weighted by atomic mass is 35.5. The minimum atomic E-state index is 0.517. The first-order chi connectivity index (χ1) is 9.67. The van der Waals surface area contributed by atoms with Gasteiger partial charge >= 0.3 is 0 Å². The molecule has 0 unspecified atom stereocenters. The molecule has 2 N–H and O–H groups in total. The van der Waals surface area contributed by atoms with E-state index >= 15 is 0 Å². The van der Waals surface area contributed by atoms with Crippen molar-refractivity contribution in [1.29, 1.82) is 0 Å². The first-order valence-electron chi connectivity index (χ1n) is 7.41. The monoisotopic (exact) mass is 298 g/mol. The first kappa shape index (κ1) is 17.3. The van der Waals surface area contributed by atoms with Gasteiger partial charge in [0.25, 0.3) is 0 Å². The van der Waals surface area contributed by atoms with Gasteiger partial charge in [0.15, 0.2) is 0 Å². The predicted molar refractivity (Wildman–Crippen MR) is 87.8 cm³/mol. The molecule has 0 aliphatic carbocycles. The zero-order valence-electron chi connectivity index (χ0n) is 12.9. The van der Waals surface area contributed by atoms with Gasteiger partial charge in [0.1, 0.15) is 0 Å². The van der Waals surface area contributed by atoms with Gasteiger partial charge < -0.3 is 15.4 Å². The highest BCUT2D eigenvalue weighted by molar-refractivity contribution is 6.30. The third kappa shape index (κ3) is 4.65. The van der Waals surface area contributed by atoms with E-state index in [1.54, 1.807) is 7.11 Å². The molecule has 0 spiro atoms. The summed E-state index contributed by atoms with van der Waals surface area (Å²) in [6.45, 7) is 6.70. The van der Waals surface area contributed by atoms with E-state index < -0.39 is 0 Å². The maximum atomic E-state index is 6.12. The van der Waals surface area contributed by atoms with E-state index in [4.69, 9.17) is 22.1 Å². The van der Waals surface area contributed by atoms with Gasteiger partial charge in [0, 0.05) is 30.4 Å². The predicted octanol–water partition coefficient (Wildman–Crippen LogP) is 3.48. The van der Waals surface area contributed by atoms with Crippen molar-refractivity contribution in [3.63, 3.8) is 0 Å².